The molecule has 1 aromatic heterocycles. The highest BCUT2D eigenvalue weighted by Crippen LogP contribution is 2.22. The van der Waals surface area contributed by atoms with Crippen LogP contribution in [0.4, 0.5) is 5.69 Å². The predicted molar refractivity (Wildman–Crippen MR) is 69.5 cm³/mol. The number of anilines is 1. The molecular formula is C13H15N3O3. The summed E-state index contributed by atoms with van der Waals surface area (Å²) < 4.78 is 10.3. The molecule has 0 aliphatic carbocycles. The van der Waals surface area contributed by atoms with Gasteiger partial charge in [-0.3, -0.25) is 4.79 Å². The van der Waals surface area contributed by atoms with Crippen molar-refractivity contribution < 1.29 is 14.1 Å². The van der Waals surface area contributed by atoms with Crippen molar-refractivity contribution in [1.29, 1.82) is 0 Å². The molecule has 0 bridgehead atoms. The maximum Gasteiger partial charge on any atom is 0.258 e. The van der Waals surface area contributed by atoms with Crippen LogP contribution in [0.1, 0.15) is 25.8 Å². The molecule has 0 saturated carbocycles. The van der Waals surface area contributed by atoms with Crippen molar-refractivity contribution in [2.24, 2.45) is 0 Å². The van der Waals surface area contributed by atoms with Crippen LogP contribution in [0.2, 0.25) is 0 Å². The highest BCUT2D eigenvalue weighted by molar-refractivity contribution is 5.88. The third-order valence-corrected chi connectivity index (χ3v) is 2.61. The molecule has 0 saturated heterocycles. The molecule has 6 nitrogen and oxygen atoms in total. The van der Waals surface area contributed by atoms with E-state index in [1.54, 1.807) is 31.4 Å². The van der Waals surface area contributed by atoms with Crippen molar-refractivity contribution in [2.75, 3.05) is 12.4 Å². The van der Waals surface area contributed by atoms with Gasteiger partial charge in [-0.1, -0.05) is 5.16 Å². The van der Waals surface area contributed by atoms with E-state index in [0.29, 0.717) is 11.7 Å². The van der Waals surface area contributed by atoms with Crippen LogP contribution in [0, 0.1) is 0 Å². The molecule has 100 valence electrons. The number of benzene rings is 1. The summed E-state index contributed by atoms with van der Waals surface area (Å²) in [7, 11) is 1.59. The molecule has 6 heteroatoms. The van der Waals surface area contributed by atoms with Crippen LogP contribution in [-0.2, 0) is 9.53 Å². The van der Waals surface area contributed by atoms with Gasteiger partial charge >= 0.3 is 0 Å². The largest absolute Gasteiger partial charge is 0.374 e. The summed E-state index contributed by atoms with van der Waals surface area (Å²) >= 11 is 0. The molecule has 0 unspecified atom stereocenters. The fourth-order valence-electron chi connectivity index (χ4n) is 1.52. The van der Waals surface area contributed by atoms with Crippen LogP contribution < -0.4 is 5.32 Å². The summed E-state index contributed by atoms with van der Waals surface area (Å²) in [4.78, 5) is 15.2. The molecule has 0 radical (unpaired) electrons. The minimum atomic E-state index is -0.212. The summed E-state index contributed by atoms with van der Waals surface area (Å²) in [6, 6.07) is 7.17. The summed E-state index contributed by atoms with van der Waals surface area (Å²) in [6.07, 6.45) is -0.212. The SMILES string of the molecule is CO[C@H](C)c1noc(-c2ccc(NC(C)=O)cc2)n1. The van der Waals surface area contributed by atoms with E-state index < -0.39 is 0 Å². The Morgan fingerprint density at radius 1 is 1.37 bits per heavy atom. The number of ether oxygens (including phenoxy) is 1. The van der Waals surface area contributed by atoms with E-state index in [9.17, 15) is 4.79 Å². The van der Waals surface area contributed by atoms with E-state index in [0.717, 1.165) is 11.3 Å². The van der Waals surface area contributed by atoms with Gasteiger partial charge in [0.05, 0.1) is 0 Å². The molecule has 1 heterocycles. The van der Waals surface area contributed by atoms with Gasteiger partial charge in [-0.2, -0.15) is 4.98 Å². The lowest BCUT2D eigenvalue weighted by atomic mass is 10.2. The second-order valence-corrected chi connectivity index (χ2v) is 4.09. The maximum absolute atomic E-state index is 10.9. The van der Waals surface area contributed by atoms with Gasteiger partial charge in [0.25, 0.3) is 5.89 Å². The first kappa shape index (κ1) is 13.2. The summed E-state index contributed by atoms with van der Waals surface area (Å²) in [5.41, 5.74) is 1.51. The Kier molecular flexibility index (Phi) is 3.91. The zero-order valence-electron chi connectivity index (χ0n) is 11.0. The molecule has 2 rings (SSSR count). The molecule has 0 fully saturated rings. The molecule has 1 aromatic carbocycles. The van der Waals surface area contributed by atoms with Gasteiger partial charge < -0.3 is 14.6 Å². The Labute approximate surface area is 110 Å². The van der Waals surface area contributed by atoms with E-state index in [4.69, 9.17) is 9.26 Å². The lowest BCUT2D eigenvalue weighted by Gasteiger charge is -2.02. The Morgan fingerprint density at radius 3 is 2.63 bits per heavy atom. The third kappa shape index (κ3) is 3.17. The molecule has 1 N–H and O–H groups in total. The minimum Gasteiger partial charge on any atom is -0.374 e. The van der Waals surface area contributed by atoms with Crippen LogP contribution in [0.3, 0.4) is 0 Å². The number of nitrogens with zero attached hydrogens (tertiary/aromatic N) is 2. The Bertz CT molecular complexity index is 563. The van der Waals surface area contributed by atoms with E-state index in [2.05, 4.69) is 15.5 Å². The van der Waals surface area contributed by atoms with E-state index in [1.807, 2.05) is 6.92 Å². The fourth-order valence-corrected chi connectivity index (χ4v) is 1.52. The lowest BCUT2D eigenvalue weighted by Crippen LogP contribution is -2.05. The number of methoxy groups -OCH3 is 1. The summed E-state index contributed by atoms with van der Waals surface area (Å²) in [6.45, 7) is 3.30. The van der Waals surface area contributed by atoms with Crippen molar-refractivity contribution in [3.05, 3.63) is 30.1 Å². The van der Waals surface area contributed by atoms with Crippen molar-refractivity contribution in [3.8, 4) is 11.5 Å². The smallest absolute Gasteiger partial charge is 0.258 e. The van der Waals surface area contributed by atoms with Crippen molar-refractivity contribution in [3.63, 3.8) is 0 Å². The first-order valence-corrected chi connectivity index (χ1v) is 5.84. The quantitative estimate of drug-likeness (QED) is 0.914. The number of amides is 1. The number of carbonyl (C=O) groups is 1. The molecular weight excluding hydrogens is 246 g/mol. The topological polar surface area (TPSA) is 77.3 Å². The molecule has 1 atom stereocenters. The second-order valence-electron chi connectivity index (χ2n) is 4.09. The standard InChI is InChI=1S/C13H15N3O3/c1-8(18-3)12-15-13(19-16-12)10-4-6-11(7-5-10)14-9(2)17/h4-8H,1-3H3,(H,14,17)/t8-/m1/s1. The van der Waals surface area contributed by atoms with Crippen LogP contribution in [-0.4, -0.2) is 23.2 Å². The van der Waals surface area contributed by atoms with Gasteiger partial charge in [0.1, 0.15) is 6.10 Å². The highest BCUT2D eigenvalue weighted by atomic mass is 16.5. The minimum absolute atomic E-state index is 0.109. The molecule has 0 aliphatic rings. The predicted octanol–water partition coefficient (Wildman–Crippen LogP) is 2.40. The Hall–Kier alpha value is -2.21. The molecule has 2 aromatic rings. The molecule has 0 aliphatic heterocycles. The Balaban J connectivity index is 2.18. The monoisotopic (exact) mass is 261 g/mol. The molecule has 1 amide bonds. The second kappa shape index (κ2) is 5.62. The zero-order valence-corrected chi connectivity index (χ0v) is 11.0. The average molecular weight is 261 g/mol. The molecule has 0 spiro atoms. The zero-order chi connectivity index (χ0) is 13.8. The number of hydrogen-bond acceptors (Lipinski definition) is 5. The number of aromatic nitrogens is 2. The van der Waals surface area contributed by atoms with Gasteiger partial charge in [0.2, 0.25) is 11.7 Å². The molecule has 19 heavy (non-hydrogen) atoms. The number of rotatable bonds is 4. The van der Waals surface area contributed by atoms with E-state index in [1.165, 1.54) is 6.92 Å². The normalized spacial score (nSPS) is 12.2. The van der Waals surface area contributed by atoms with E-state index >= 15 is 0 Å². The van der Waals surface area contributed by atoms with Gasteiger partial charge in [0, 0.05) is 25.3 Å². The fraction of sp³-hybridized carbons (Fsp3) is 0.308. The van der Waals surface area contributed by atoms with Crippen molar-refractivity contribution in [2.45, 2.75) is 20.0 Å². The van der Waals surface area contributed by atoms with E-state index in [-0.39, 0.29) is 12.0 Å². The summed E-state index contributed by atoms with van der Waals surface area (Å²) in [5, 5.41) is 6.54. The third-order valence-electron chi connectivity index (χ3n) is 2.61. The van der Waals surface area contributed by atoms with Crippen LogP contribution >= 0.6 is 0 Å². The number of carbonyl (C=O) groups excluding carboxylic acids is 1. The highest BCUT2D eigenvalue weighted by Gasteiger charge is 2.14. The van der Waals surface area contributed by atoms with Crippen LogP contribution in [0.5, 0.6) is 0 Å². The van der Waals surface area contributed by atoms with Crippen molar-refractivity contribution in [1.82, 2.24) is 10.1 Å². The average Bonchev–Trinajstić information content (AvgIpc) is 2.87. The maximum atomic E-state index is 10.9. The van der Waals surface area contributed by atoms with Crippen LogP contribution in [0.15, 0.2) is 28.8 Å². The Morgan fingerprint density at radius 2 is 2.05 bits per heavy atom. The van der Waals surface area contributed by atoms with Crippen molar-refractivity contribution >= 4 is 11.6 Å². The van der Waals surface area contributed by atoms with Crippen LogP contribution in [0.25, 0.3) is 11.5 Å². The summed E-state index contributed by atoms with van der Waals surface area (Å²) in [5.74, 6) is 0.818. The lowest BCUT2D eigenvalue weighted by molar-refractivity contribution is -0.114. The number of nitrogens with one attached hydrogen (secondary N) is 1. The first-order chi connectivity index (χ1) is 9.10. The van der Waals surface area contributed by atoms with Gasteiger partial charge in [0.15, 0.2) is 0 Å². The van der Waals surface area contributed by atoms with Gasteiger partial charge in [-0.25, -0.2) is 0 Å². The van der Waals surface area contributed by atoms with Gasteiger partial charge in [-0.15, -0.1) is 0 Å². The number of hydrogen-bond donors (Lipinski definition) is 1. The van der Waals surface area contributed by atoms with Gasteiger partial charge in [-0.05, 0) is 31.2 Å². The first-order valence-electron chi connectivity index (χ1n) is 5.84.